The molecule has 2 N–H and O–H groups in total. The lowest BCUT2D eigenvalue weighted by Gasteiger charge is -2.30. The first kappa shape index (κ1) is 29.1. The molecule has 36 heavy (non-hydrogen) atoms. The molecule has 0 saturated heterocycles. The highest BCUT2D eigenvalue weighted by molar-refractivity contribution is 5.87. The molecule has 2 aromatic carbocycles. The van der Waals surface area contributed by atoms with Crippen LogP contribution in [-0.4, -0.2) is 62.0 Å². The van der Waals surface area contributed by atoms with Crippen molar-refractivity contribution < 1.29 is 14.0 Å². The molecule has 1 aliphatic carbocycles. The van der Waals surface area contributed by atoms with Crippen molar-refractivity contribution in [1.82, 2.24) is 15.5 Å². The van der Waals surface area contributed by atoms with Crippen LogP contribution in [0.1, 0.15) is 36.1 Å². The topological polar surface area (TPSA) is 88.5 Å². The minimum atomic E-state index is -0.271. The van der Waals surface area contributed by atoms with E-state index in [1.54, 1.807) is 35.0 Å². The summed E-state index contributed by atoms with van der Waals surface area (Å²) in [6, 6.07) is 12.4. The fourth-order valence-corrected chi connectivity index (χ4v) is 4.35. The molecule has 9 heteroatoms. The first-order valence-corrected chi connectivity index (χ1v) is 12.0. The maximum Gasteiger partial charge on any atom is 0.242 e. The molecule has 0 heterocycles. The van der Waals surface area contributed by atoms with Crippen LogP contribution in [0.4, 0.5) is 10.1 Å². The largest absolute Gasteiger partial charge is 0.353 e. The number of hydrogen-bond donors (Lipinski definition) is 2. The van der Waals surface area contributed by atoms with Crippen LogP contribution in [-0.2, 0) is 22.4 Å². The number of fused-ring (bicyclic) bond motifs is 1. The summed E-state index contributed by atoms with van der Waals surface area (Å²) in [4.78, 5) is 29.5. The Morgan fingerprint density at radius 1 is 1.11 bits per heavy atom. The lowest BCUT2D eigenvalue weighted by molar-refractivity contribution is -0.130. The molecular formula is C27H35ClFN5O2. The first-order valence-electron chi connectivity index (χ1n) is 12.0. The number of nitrogens with one attached hydrogen (secondary N) is 2. The van der Waals surface area contributed by atoms with E-state index in [0.29, 0.717) is 43.2 Å². The number of benzene rings is 2. The van der Waals surface area contributed by atoms with Gasteiger partial charge in [0, 0.05) is 37.9 Å². The van der Waals surface area contributed by atoms with Crippen LogP contribution in [0.15, 0.2) is 36.4 Å². The van der Waals surface area contributed by atoms with Crippen LogP contribution < -0.4 is 15.5 Å². The molecule has 0 aliphatic heterocycles. The number of likely N-dealkylation sites (N-methyl/N-ethyl adjacent to an activating group) is 1. The Morgan fingerprint density at radius 2 is 1.83 bits per heavy atom. The minimum Gasteiger partial charge on any atom is -0.353 e. The summed E-state index contributed by atoms with van der Waals surface area (Å²) in [7, 11) is 1.75. The maximum absolute atomic E-state index is 13.6. The average Bonchev–Trinajstić information content (AvgIpc) is 3.24. The Balaban J connectivity index is 0.00000456. The van der Waals surface area contributed by atoms with Gasteiger partial charge in [-0.3, -0.25) is 9.59 Å². The third-order valence-electron chi connectivity index (χ3n) is 6.36. The zero-order chi connectivity index (χ0) is 25.5. The van der Waals surface area contributed by atoms with Gasteiger partial charge in [0.25, 0.3) is 0 Å². The van der Waals surface area contributed by atoms with E-state index >= 15 is 0 Å². The Bertz CT molecular complexity index is 1120. The van der Waals surface area contributed by atoms with Crippen molar-refractivity contribution in [3.63, 3.8) is 0 Å². The molecule has 0 bridgehead atoms. The number of carbonyl (C=O) groups excluding carboxylic acids is 2. The predicted octanol–water partition coefficient (Wildman–Crippen LogP) is 2.97. The van der Waals surface area contributed by atoms with Gasteiger partial charge in [0.1, 0.15) is 5.82 Å². The number of hydrogen-bond acceptors (Lipinski definition) is 5. The molecule has 2 amide bonds. The number of anilines is 1. The van der Waals surface area contributed by atoms with E-state index in [-0.39, 0.29) is 49.2 Å². The number of nitriles is 1. The van der Waals surface area contributed by atoms with Gasteiger partial charge in [-0.1, -0.05) is 26.0 Å². The van der Waals surface area contributed by atoms with Crippen LogP contribution >= 0.6 is 12.4 Å². The molecule has 1 atom stereocenters. The van der Waals surface area contributed by atoms with Crippen LogP contribution in [0.3, 0.4) is 0 Å². The fraction of sp³-hybridized carbons (Fsp3) is 0.444. The van der Waals surface area contributed by atoms with E-state index in [1.807, 2.05) is 26.8 Å². The van der Waals surface area contributed by atoms with Crippen molar-refractivity contribution in [2.75, 3.05) is 38.1 Å². The highest BCUT2D eigenvalue weighted by atomic mass is 35.5. The van der Waals surface area contributed by atoms with E-state index < -0.39 is 0 Å². The summed E-state index contributed by atoms with van der Waals surface area (Å²) in [5.41, 5.74) is 4.00. The Hall–Kier alpha value is -3.15. The maximum atomic E-state index is 13.6. The third-order valence-corrected chi connectivity index (χ3v) is 6.36. The third kappa shape index (κ3) is 7.67. The van der Waals surface area contributed by atoms with E-state index in [9.17, 15) is 19.2 Å². The second-order valence-corrected chi connectivity index (χ2v) is 9.41. The molecule has 0 saturated carbocycles. The van der Waals surface area contributed by atoms with Crippen molar-refractivity contribution in [1.29, 1.82) is 5.26 Å². The van der Waals surface area contributed by atoms with Crippen LogP contribution in [0.5, 0.6) is 0 Å². The Morgan fingerprint density at radius 3 is 2.53 bits per heavy atom. The van der Waals surface area contributed by atoms with Crippen molar-refractivity contribution in [2.24, 2.45) is 0 Å². The number of carbonyl (C=O) groups is 2. The highest BCUT2D eigenvalue weighted by Gasteiger charge is 2.29. The zero-order valence-corrected chi connectivity index (χ0v) is 22.1. The quantitative estimate of drug-likeness (QED) is 0.475. The Kier molecular flexibility index (Phi) is 10.7. The summed E-state index contributed by atoms with van der Waals surface area (Å²) >= 11 is 0. The first-order chi connectivity index (χ1) is 16.7. The molecular weight excluding hydrogens is 481 g/mol. The number of halogens is 2. The van der Waals surface area contributed by atoms with Crippen LogP contribution in [0.25, 0.3) is 0 Å². The highest BCUT2D eigenvalue weighted by Crippen LogP contribution is 2.27. The lowest BCUT2D eigenvalue weighted by atomic mass is 10.1. The minimum absolute atomic E-state index is 0. The fourth-order valence-electron chi connectivity index (χ4n) is 4.35. The van der Waals surface area contributed by atoms with Crippen molar-refractivity contribution in [3.8, 4) is 6.07 Å². The standard InChI is InChI=1S/C27H34FN5O2.ClH/c1-18(2)30-9-10-31-26(34)16-33(25-11-20(15-29)6-5-19(25)3)17-27(35)32(4)24-13-21-7-8-23(28)12-22(21)14-24;/h5-8,11-12,18,24,30H,9-10,13-14,16-17H2,1-4H3,(H,31,34);1H. The van der Waals surface area contributed by atoms with Crippen LogP contribution in [0.2, 0.25) is 0 Å². The van der Waals surface area contributed by atoms with Gasteiger partial charge in [-0.25, -0.2) is 4.39 Å². The zero-order valence-electron chi connectivity index (χ0n) is 21.3. The summed E-state index contributed by atoms with van der Waals surface area (Å²) in [5.74, 6) is -0.608. The molecule has 0 aromatic heterocycles. The van der Waals surface area contributed by atoms with Crippen LogP contribution in [0, 0.1) is 24.1 Å². The van der Waals surface area contributed by atoms with Crippen molar-refractivity contribution in [2.45, 2.75) is 45.7 Å². The molecule has 1 unspecified atom stereocenters. The average molecular weight is 516 g/mol. The normalized spacial score (nSPS) is 14.0. The van der Waals surface area contributed by atoms with E-state index in [0.717, 1.165) is 16.7 Å². The summed E-state index contributed by atoms with van der Waals surface area (Å²) in [5, 5.41) is 15.5. The second kappa shape index (κ2) is 13.2. The molecule has 0 fully saturated rings. The monoisotopic (exact) mass is 515 g/mol. The van der Waals surface area contributed by atoms with Gasteiger partial charge in [-0.05, 0) is 60.7 Å². The summed E-state index contributed by atoms with van der Waals surface area (Å²) in [6.07, 6.45) is 1.27. The predicted molar refractivity (Wildman–Crippen MR) is 142 cm³/mol. The second-order valence-electron chi connectivity index (χ2n) is 9.41. The lowest BCUT2D eigenvalue weighted by Crippen LogP contribution is -2.47. The van der Waals surface area contributed by atoms with E-state index in [4.69, 9.17) is 0 Å². The van der Waals surface area contributed by atoms with Gasteiger partial charge in [0.05, 0.1) is 24.7 Å². The molecule has 1 aliphatic rings. The van der Waals surface area contributed by atoms with Gasteiger partial charge in [-0.15, -0.1) is 12.4 Å². The van der Waals surface area contributed by atoms with E-state index in [2.05, 4.69) is 16.7 Å². The molecule has 3 rings (SSSR count). The number of rotatable bonds is 10. The SMILES string of the molecule is Cc1ccc(C#N)cc1N(CC(=O)NCCNC(C)C)CC(=O)N(C)C1Cc2ccc(F)cc2C1.Cl. The van der Waals surface area contributed by atoms with Gasteiger partial charge < -0.3 is 20.4 Å². The number of aryl methyl sites for hydroxylation is 1. The summed E-state index contributed by atoms with van der Waals surface area (Å²) < 4.78 is 13.6. The smallest absolute Gasteiger partial charge is 0.242 e. The molecule has 194 valence electrons. The molecule has 0 spiro atoms. The number of amides is 2. The van der Waals surface area contributed by atoms with Gasteiger partial charge in [0.15, 0.2) is 0 Å². The van der Waals surface area contributed by atoms with Gasteiger partial charge in [0.2, 0.25) is 11.8 Å². The number of nitrogens with zero attached hydrogens (tertiary/aromatic N) is 3. The van der Waals surface area contributed by atoms with Gasteiger partial charge >= 0.3 is 0 Å². The van der Waals surface area contributed by atoms with Crippen molar-refractivity contribution >= 4 is 29.9 Å². The Labute approximate surface area is 219 Å². The van der Waals surface area contributed by atoms with Crippen molar-refractivity contribution in [3.05, 3.63) is 64.5 Å². The molecule has 7 nitrogen and oxygen atoms in total. The molecule has 2 aromatic rings. The van der Waals surface area contributed by atoms with E-state index in [1.165, 1.54) is 12.1 Å². The molecule has 0 radical (unpaired) electrons. The summed E-state index contributed by atoms with van der Waals surface area (Å²) in [6.45, 7) is 7.08. The van der Waals surface area contributed by atoms with Gasteiger partial charge in [-0.2, -0.15) is 5.26 Å².